The fourth-order valence-electron chi connectivity index (χ4n) is 8.48. The predicted octanol–water partition coefficient (Wildman–Crippen LogP) is 4.57. The fourth-order valence-corrected chi connectivity index (χ4v) is 8.48. The monoisotopic (exact) mass is 534 g/mol. The molecule has 0 radical (unpaired) electrons. The number of carboxylic acids is 1. The van der Waals surface area contributed by atoms with E-state index in [4.69, 9.17) is 5.11 Å². The second kappa shape index (κ2) is 11.5. The van der Waals surface area contributed by atoms with E-state index in [1.54, 1.807) is 0 Å². The van der Waals surface area contributed by atoms with Gasteiger partial charge in [0.25, 0.3) is 5.56 Å². The lowest BCUT2D eigenvalue weighted by atomic mass is 9.73. The van der Waals surface area contributed by atoms with E-state index in [0.29, 0.717) is 30.1 Å². The number of hydrogen-bond acceptors (Lipinski definition) is 6. The summed E-state index contributed by atoms with van der Waals surface area (Å²) < 4.78 is 1.85. The Morgan fingerprint density at radius 1 is 0.897 bits per heavy atom. The largest absolute Gasteiger partial charge is 0.476 e. The Labute approximate surface area is 230 Å². The van der Waals surface area contributed by atoms with E-state index in [0.717, 1.165) is 30.2 Å². The van der Waals surface area contributed by atoms with Crippen LogP contribution >= 0.6 is 0 Å². The van der Waals surface area contributed by atoms with Crippen molar-refractivity contribution in [2.45, 2.75) is 108 Å². The number of hydrogen-bond donors (Lipinski definition) is 2. The highest BCUT2D eigenvalue weighted by molar-refractivity contribution is 6.42. The first-order chi connectivity index (χ1) is 19.0. The molecule has 2 aliphatic carbocycles. The summed E-state index contributed by atoms with van der Waals surface area (Å²) in [6, 6.07) is 9.19. The van der Waals surface area contributed by atoms with Gasteiger partial charge in [0.15, 0.2) is 11.4 Å². The molecule has 4 unspecified atom stereocenters. The van der Waals surface area contributed by atoms with Gasteiger partial charge in [-0.15, -0.1) is 0 Å². The molecule has 2 saturated heterocycles. The van der Waals surface area contributed by atoms with Crippen LogP contribution in [0.15, 0.2) is 34.1 Å². The van der Waals surface area contributed by atoms with E-state index < -0.39 is 5.97 Å². The fraction of sp³-hybridized carbons (Fsp3) is 0.677. The molecule has 0 amide bonds. The minimum absolute atomic E-state index is 0.00838. The molecule has 1 aromatic carbocycles. The van der Waals surface area contributed by atoms with Crippen LogP contribution in [0.1, 0.15) is 95.2 Å². The lowest BCUT2D eigenvalue weighted by Crippen LogP contribution is -2.58. The molecule has 4 atom stereocenters. The Balaban J connectivity index is 1.35. The molecule has 6 rings (SSSR count). The number of rotatable bonds is 7. The first-order valence-corrected chi connectivity index (χ1v) is 15.2. The average Bonchev–Trinajstić information content (AvgIpc) is 3.09. The number of piperidine rings is 2. The van der Waals surface area contributed by atoms with Crippen molar-refractivity contribution in [3.05, 3.63) is 40.3 Å². The first kappa shape index (κ1) is 26.6. The standard InChI is InChI=1S/C31H42N4O4/c36-14-6-13-32-29(31(38)39)28-30(37)35(27-12-4-3-11-26(27)33-28)25-18-22-9-5-10-23(19-25)34(22)24-16-20-7-1-2-8-21(15-20)17-24/h3-4,11-12,20-25,36H,1-2,5-10,13-19H2,(H,38,39)/b32-29-. The van der Waals surface area contributed by atoms with Crippen LogP contribution < -0.4 is 5.56 Å². The third-order valence-corrected chi connectivity index (χ3v) is 9.95. The molecular weight excluding hydrogens is 492 g/mol. The average molecular weight is 535 g/mol. The van der Waals surface area contributed by atoms with Crippen molar-refractivity contribution in [2.24, 2.45) is 16.8 Å². The van der Waals surface area contributed by atoms with Crippen molar-refractivity contribution in [1.29, 1.82) is 0 Å². The molecule has 8 heteroatoms. The maximum atomic E-state index is 14.0. The Morgan fingerprint density at radius 3 is 2.26 bits per heavy atom. The highest BCUT2D eigenvalue weighted by Gasteiger charge is 2.45. The minimum Gasteiger partial charge on any atom is -0.476 e. The lowest BCUT2D eigenvalue weighted by molar-refractivity contribution is -0.129. The van der Waals surface area contributed by atoms with Crippen molar-refractivity contribution in [3.8, 4) is 0 Å². The third-order valence-electron chi connectivity index (χ3n) is 9.95. The quantitative estimate of drug-likeness (QED) is 0.398. The zero-order valence-electron chi connectivity index (χ0n) is 22.9. The minimum atomic E-state index is -1.26. The molecular formula is C31H42N4O4. The van der Waals surface area contributed by atoms with Gasteiger partial charge in [0, 0.05) is 37.3 Å². The van der Waals surface area contributed by atoms with Crippen LogP contribution in [-0.4, -0.2) is 67.6 Å². The van der Waals surface area contributed by atoms with Gasteiger partial charge in [-0.1, -0.05) is 44.2 Å². The van der Waals surface area contributed by atoms with Crippen molar-refractivity contribution < 1.29 is 15.0 Å². The van der Waals surface area contributed by atoms with Crippen LogP contribution in [0.25, 0.3) is 11.0 Å². The first-order valence-electron chi connectivity index (χ1n) is 15.2. The number of carbonyl (C=O) groups is 1. The van der Waals surface area contributed by atoms with Crippen LogP contribution in [0.2, 0.25) is 0 Å². The van der Waals surface area contributed by atoms with Gasteiger partial charge < -0.3 is 14.8 Å². The van der Waals surface area contributed by atoms with Gasteiger partial charge in [-0.3, -0.25) is 14.7 Å². The molecule has 2 aliphatic heterocycles. The van der Waals surface area contributed by atoms with Gasteiger partial charge in [-0.05, 0) is 75.3 Å². The van der Waals surface area contributed by atoms with Gasteiger partial charge in [0.2, 0.25) is 0 Å². The molecule has 3 heterocycles. The second-order valence-electron chi connectivity index (χ2n) is 12.4. The van der Waals surface area contributed by atoms with Gasteiger partial charge >= 0.3 is 5.97 Å². The van der Waals surface area contributed by atoms with Gasteiger partial charge in [-0.2, -0.15) is 0 Å². The molecule has 210 valence electrons. The number of carboxylic acid groups (broad SMARTS) is 1. The molecule has 39 heavy (non-hydrogen) atoms. The number of fused-ring (bicyclic) bond motifs is 5. The molecule has 2 aromatic rings. The Hall–Kier alpha value is -2.58. The smallest absolute Gasteiger partial charge is 0.356 e. The molecule has 0 spiro atoms. The van der Waals surface area contributed by atoms with E-state index in [1.807, 2.05) is 28.8 Å². The summed E-state index contributed by atoms with van der Waals surface area (Å²) in [4.78, 5) is 37.8. The van der Waals surface area contributed by atoms with Gasteiger partial charge in [0.05, 0.1) is 11.0 Å². The Bertz CT molecular complexity index is 1260. The number of aliphatic hydroxyl groups excluding tert-OH is 1. The summed E-state index contributed by atoms with van der Waals surface area (Å²) >= 11 is 0. The van der Waals surface area contributed by atoms with Gasteiger partial charge in [-0.25, -0.2) is 9.78 Å². The molecule has 4 aliphatic rings. The molecule has 4 fully saturated rings. The van der Waals surface area contributed by atoms with E-state index >= 15 is 0 Å². The zero-order chi connectivity index (χ0) is 26.9. The topological polar surface area (TPSA) is 108 Å². The summed E-state index contributed by atoms with van der Waals surface area (Å²) in [5.41, 5.74) is 0.622. The van der Waals surface area contributed by atoms with Crippen LogP contribution in [0, 0.1) is 11.8 Å². The zero-order valence-corrected chi connectivity index (χ0v) is 22.9. The lowest BCUT2D eigenvalue weighted by Gasteiger charge is -2.54. The SMILES string of the molecule is O=C(O)/C(=N\CCCO)c1nc2ccccc2n(C2CC3CCCC(C2)N3C2CC3CCCCC(C3)C2)c1=O. The summed E-state index contributed by atoms with van der Waals surface area (Å²) in [5.74, 6) is 0.497. The molecule has 4 bridgehead atoms. The summed E-state index contributed by atoms with van der Waals surface area (Å²) in [6.45, 7) is 0.0492. The van der Waals surface area contributed by atoms with Gasteiger partial charge in [0.1, 0.15) is 0 Å². The normalized spacial score (nSPS) is 31.7. The number of aliphatic hydroxyl groups is 1. The molecule has 8 nitrogen and oxygen atoms in total. The van der Waals surface area contributed by atoms with Crippen molar-refractivity contribution in [1.82, 2.24) is 14.5 Å². The molecule has 2 N–H and O–H groups in total. The van der Waals surface area contributed by atoms with Crippen LogP contribution in [-0.2, 0) is 4.79 Å². The van der Waals surface area contributed by atoms with Crippen molar-refractivity contribution in [3.63, 3.8) is 0 Å². The highest BCUT2D eigenvalue weighted by atomic mass is 16.4. The van der Waals surface area contributed by atoms with Crippen molar-refractivity contribution in [2.75, 3.05) is 13.2 Å². The second-order valence-corrected chi connectivity index (χ2v) is 12.4. The van der Waals surface area contributed by atoms with Crippen LogP contribution in [0.4, 0.5) is 0 Å². The Morgan fingerprint density at radius 2 is 1.59 bits per heavy atom. The van der Waals surface area contributed by atoms with E-state index in [-0.39, 0.29) is 36.2 Å². The molecule has 1 aromatic heterocycles. The number of para-hydroxylation sites is 2. The maximum absolute atomic E-state index is 14.0. The Kier molecular flexibility index (Phi) is 7.85. The summed E-state index contributed by atoms with van der Waals surface area (Å²) in [6.07, 6.45) is 15.4. The number of nitrogens with zero attached hydrogens (tertiary/aromatic N) is 4. The number of aromatic nitrogens is 2. The van der Waals surface area contributed by atoms with Crippen LogP contribution in [0.3, 0.4) is 0 Å². The molecule has 2 saturated carbocycles. The third kappa shape index (κ3) is 5.30. The summed E-state index contributed by atoms with van der Waals surface area (Å²) in [5, 5.41) is 19.1. The predicted molar refractivity (Wildman–Crippen MR) is 151 cm³/mol. The highest BCUT2D eigenvalue weighted by Crippen LogP contribution is 2.47. The number of benzene rings is 1. The van der Waals surface area contributed by atoms with E-state index in [2.05, 4.69) is 14.9 Å². The van der Waals surface area contributed by atoms with E-state index in [9.17, 15) is 14.7 Å². The van der Waals surface area contributed by atoms with Crippen molar-refractivity contribution >= 4 is 22.7 Å². The maximum Gasteiger partial charge on any atom is 0.356 e. The summed E-state index contributed by atoms with van der Waals surface area (Å²) in [7, 11) is 0. The van der Waals surface area contributed by atoms with E-state index in [1.165, 1.54) is 64.2 Å². The number of aliphatic carboxylic acids is 1. The number of aliphatic imine (C=N–C) groups is 1. The van der Waals surface area contributed by atoms with Crippen LogP contribution in [0.5, 0.6) is 0 Å².